The molecular weight excluding hydrogens is 336 g/mol. The third-order valence-electron chi connectivity index (χ3n) is 4.66. The van der Waals surface area contributed by atoms with Gasteiger partial charge < -0.3 is 15.3 Å². The molecule has 2 aromatic rings. The zero-order valence-corrected chi connectivity index (χ0v) is 14.6. The first kappa shape index (κ1) is 17.7. The average Bonchev–Trinajstić information content (AvgIpc) is 3.27. The van der Waals surface area contributed by atoms with Crippen molar-refractivity contribution in [2.24, 2.45) is 0 Å². The number of nitrogens with one attached hydrogen (secondary N) is 1. The van der Waals surface area contributed by atoms with Gasteiger partial charge in [0.1, 0.15) is 11.6 Å². The van der Waals surface area contributed by atoms with Crippen LogP contribution in [0.5, 0.6) is 0 Å². The highest BCUT2D eigenvalue weighted by molar-refractivity contribution is 5.98. The normalized spacial score (nSPS) is 16.5. The van der Waals surface area contributed by atoms with Crippen molar-refractivity contribution in [3.8, 4) is 5.69 Å². The van der Waals surface area contributed by atoms with E-state index in [1.807, 2.05) is 0 Å². The minimum atomic E-state index is -1.03. The summed E-state index contributed by atoms with van der Waals surface area (Å²) in [4.78, 5) is 37.4. The summed E-state index contributed by atoms with van der Waals surface area (Å²) < 4.78 is 1.51. The second kappa shape index (κ2) is 6.99. The van der Waals surface area contributed by atoms with Gasteiger partial charge in [-0.15, -0.1) is 0 Å². The molecule has 136 valence electrons. The van der Waals surface area contributed by atoms with Crippen LogP contribution < -0.4 is 5.32 Å². The lowest BCUT2D eigenvalue weighted by Crippen LogP contribution is -2.44. The number of hydrogen-bond donors (Lipinski definition) is 2. The molecule has 0 bridgehead atoms. The van der Waals surface area contributed by atoms with Crippen LogP contribution in [-0.4, -0.2) is 57.2 Å². The number of carbonyl (C=O) groups excluding carboxylic acids is 2. The fraction of sp³-hybridized carbons (Fsp3) is 0.333. The molecule has 2 heterocycles. The van der Waals surface area contributed by atoms with Crippen molar-refractivity contribution in [2.75, 3.05) is 13.6 Å². The predicted octanol–water partition coefficient (Wildman–Crippen LogP) is 1.23. The molecule has 1 aromatic heterocycles. The monoisotopic (exact) mass is 356 g/mol. The molecule has 2 N–H and O–H groups in total. The lowest BCUT2D eigenvalue weighted by Gasteiger charge is -2.23. The first-order chi connectivity index (χ1) is 12.4. The van der Waals surface area contributed by atoms with E-state index in [9.17, 15) is 14.4 Å². The van der Waals surface area contributed by atoms with Gasteiger partial charge in [-0.3, -0.25) is 9.59 Å². The molecule has 3 rings (SSSR count). The van der Waals surface area contributed by atoms with E-state index in [1.165, 1.54) is 10.9 Å². The van der Waals surface area contributed by atoms with Crippen LogP contribution in [0.4, 0.5) is 0 Å². The number of aromatic carboxylic acids is 1. The van der Waals surface area contributed by atoms with Crippen molar-refractivity contribution in [3.63, 3.8) is 0 Å². The molecule has 0 aliphatic carbocycles. The molecule has 0 spiro atoms. The van der Waals surface area contributed by atoms with Gasteiger partial charge in [0.25, 0.3) is 5.91 Å². The van der Waals surface area contributed by atoms with Crippen molar-refractivity contribution in [1.29, 1.82) is 0 Å². The van der Waals surface area contributed by atoms with Crippen molar-refractivity contribution in [1.82, 2.24) is 20.0 Å². The Labute approximate surface area is 150 Å². The summed E-state index contributed by atoms with van der Waals surface area (Å²) in [6.07, 6.45) is 2.76. The Morgan fingerprint density at radius 1 is 1.23 bits per heavy atom. The van der Waals surface area contributed by atoms with E-state index in [0.29, 0.717) is 29.9 Å². The Morgan fingerprint density at radius 3 is 2.50 bits per heavy atom. The number of hydrogen-bond acceptors (Lipinski definition) is 4. The molecular formula is C18H20N4O4. The average molecular weight is 356 g/mol. The van der Waals surface area contributed by atoms with Crippen molar-refractivity contribution in [3.05, 3.63) is 47.3 Å². The first-order valence-electron chi connectivity index (χ1n) is 8.35. The van der Waals surface area contributed by atoms with E-state index in [2.05, 4.69) is 10.4 Å². The maximum Gasteiger partial charge on any atom is 0.339 e. The fourth-order valence-electron chi connectivity index (χ4n) is 3.24. The topological polar surface area (TPSA) is 105 Å². The molecule has 8 heteroatoms. The highest BCUT2D eigenvalue weighted by Gasteiger charge is 2.33. The van der Waals surface area contributed by atoms with Crippen LogP contribution in [0.15, 0.2) is 30.5 Å². The smallest absolute Gasteiger partial charge is 0.339 e. The number of amides is 2. The van der Waals surface area contributed by atoms with E-state index in [1.54, 1.807) is 43.1 Å². The van der Waals surface area contributed by atoms with Gasteiger partial charge >= 0.3 is 5.97 Å². The summed E-state index contributed by atoms with van der Waals surface area (Å²) in [7, 11) is 1.57. The van der Waals surface area contributed by atoms with Crippen molar-refractivity contribution in [2.45, 2.75) is 25.8 Å². The number of carboxylic acid groups (broad SMARTS) is 1. The summed E-state index contributed by atoms with van der Waals surface area (Å²) in [5.41, 5.74) is 1.79. The van der Waals surface area contributed by atoms with Gasteiger partial charge in [0, 0.05) is 19.2 Å². The lowest BCUT2D eigenvalue weighted by atomic mass is 10.1. The first-order valence-corrected chi connectivity index (χ1v) is 8.35. The summed E-state index contributed by atoms with van der Waals surface area (Å²) in [6, 6.07) is 6.32. The zero-order valence-electron chi connectivity index (χ0n) is 14.6. The fourth-order valence-corrected chi connectivity index (χ4v) is 3.24. The summed E-state index contributed by atoms with van der Waals surface area (Å²) in [5.74, 6) is -1.37. The Balaban J connectivity index is 1.82. The molecule has 1 aliphatic rings. The van der Waals surface area contributed by atoms with Crippen LogP contribution in [0.2, 0.25) is 0 Å². The van der Waals surface area contributed by atoms with Crippen LogP contribution in [0.25, 0.3) is 5.69 Å². The van der Waals surface area contributed by atoms with Gasteiger partial charge in [0.05, 0.1) is 17.6 Å². The second-order valence-corrected chi connectivity index (χ2v) is 6.18. The third kappa shape index (κ3) is 3.05. The Hall–Kier alpha value is -3.16. The van der Waals surface area contributed by atoms with Gasteiger partial charge in [0.2, 0.25) is 5.91 Å². The van der Waals surface area contributed by atoms with Gasteiger partial charge in [-0.05, 0) is 44.0 Å². The molecule has 1 aromatic carbocycles. The molecule has 0 radical (unpaired) electrons. The van der Waals surface area contributed by atoms with Crippen LogP contribution in [-0.2, 0) is 4.79 Å². The molecule has 1 aliphatic heterocycles. The molecule has 26 heavy (non-hydrogen) atoms. The zero-order chi connectivity index (χ0) is 18.8. The number of likely N-dealkylation sites (tertiary alicyclic amines) is 1. The molecule has 0 saturated carbocycles. The highest BCUT2D eigenvalue weighted by atomic mass is 16.4. The number of aromatic nitrogens is 2. The van der Waals surface area contributed by atoms with Gasteiger partial charge in [0.15, 0.2) is 0 Å². The van der Waals surface area contributed by atoms with Crippen LogP contribution in [0.1, 0.15) is 39.3 Å². The molecule has 1 atom stereocenters. The Bertz CT molecular complexity index is 857. The van der Waals surface area contributed by atoms with Gasteiger partial charge in [-0.25, -0.2) is 9.48 Å². The minimum Gasteiger partial charge on any atom is -0.478 e. The number of carbonyl (C=O) groups is 3. The quantitative estimate of drug-likeness (QED) is 0.857. The molecule has 0 unspecified atom stereocenters. The van der Waals surface area contributed by atoms with Crippen LogP contribution in [0, 0.1) is 6.92 Å². The van der Waals surface area contributed by atoms with E-state index < -0.39 is 12.0 Å². The summed E-state index contributed by atoms with van der Waals surface area (Å²) in [6.45, 7) is 2.23. The van der Waals surface area contributed by atoms with E-state index >= 15 is 0 Å². The number of nitrogens with zero attached hydrogens (tertiary/aromatic N) is 3. The SMILES string of the molecule is CNC(=O)[C@H]1CCCN1C(=O)c1ccc(-n2ncc(C(=O)O)c2C)cc1. The molecule has 1 fully saturated rings. The standard InChI is InChI=1S/C18H20N4O4/c1-11-14(18(25)26)10-20-22(11)13-7-5-12(6-8-13)17(24)21-9-3-4-15(21)16(23)19-2/h5-8,10,15H,3-4,9H2,1-2H3,(H,19,23)(H,25,26)/t15-/m1/s1. The minimum absolute atomic E-state index is 0.135. The summed E-state index contributed by atoms with van der Waals surface area (Å²) >= 11 is 0. The third-order valence-corrected chi connectivity index (χ3v) is 4.66. The Morgan fingerprint density at radius 2 is 1.92 bits per heavy atom. The molecule has 8 nitrogen and oxygen atoms in total. The predicted molar refractivity (Wildman–Crippen MR) is 93.4 cm³/mol. The van der Waals surface area contributed by atoms with Crippen LogP contribution in [0.3, 0.4) is 0 Å². The lowest BCUT2D eigenvalue weighted by molar-refractivity contribution is -0.124. The van der Waals surface area contributed by atoms with Crippen molar-refractivity contribution >= 4 is 17.8 Å². The van der Waals surface area contributed by atoms with E-state index in [4.69, 9.17) is 5.11 Å². The molecule has 2 amide bonds. The number of likely N-dealkylation sites (N-methyl/N-ethyl adjacent to an activating group) is 1. The van der Waals surface area contributed by atoms with Gasteiger partial charge in [-0.1, -0.05) is 0 Å². The highest BCUT2D eigenvalue weighted by Crippen LogP contribution is 2.21. The van der Waals surface area contributed by atoms with Gasteiger partial charge in [-0.2, -0.15) is 5.10 Å². The Kier molecular flexibility index (Phi) is 4.75. The maximum atomic E-state index is 12.7. The van der Waals surface area contributed by atoms with E-state index in [0.717, 1.165) is 6.42 Å². The summed E-state index contributed by atoms with van der Waals surface area (Å²) in [5, 5.41) is 15.8. The van der Waals surface area contributed by atoms with Crippen molar-refractivity contribution < 1.29 is 19.5 Å². The largest absolute Gasteiger partial charge is 0.478 e. The van der Waals surface area contributed by atoms with E-state index in [-0.39, 0.29) is 17.4 Å². The van der Waals surface area contributed by atoms with Crippen LogP contribution >= 0.6 is 0 Å². The maximum absolute atomic E-state index is 12.7. The number of carboxylic acids is 1. The molecule has 1 saturated heterocycles. The number of benzene rings is 1. The number of rotatable bonds is 4. The second-order valence-electron chi connectivity index (χ2n) is 6.18.